The summed E-state index contributed by atoms with van der Waals surface area (Å²) in [6, 6.07) is 8.07. The number of aromatic hydroxyl groups is 1. The van der Waals surface area contributed by atoms with Gasteiger partial charge < -0.3 is 10.4 Å². The molecule has 0 bridgehead atoms. The second-order valence-electron chi connectivity index (χ2n) is 3.89. The molecule has 0 spiro atoms. The molecule has 0 atom stereocenters. The molecule has 0 radical (unpaired) electrons. The molecule has 2 N–H and O–H groups in total. The maximum atomic E-state index is 13.0. The first-order valence-corrected chi connectivity index (χ1v) is 7.29. The van der Waals surface area contributed by atoms with Crippen LogP contribution in [0, 0.1) is 5.82 Å². The fraction of sp³-hybridized carbons (Fsp3) is 0.0769. The van der Waals surface area contributed by atoms with Crippen molar-refractivity contribution >= 4 is 49.1 Å². The molecule has 0 unspecified atom stereocenters. The van der Waals surface area contributed by atoms with Gasteiger partial charge in [0, 0.05) is 12.2 Å². The van der Waals surface area contributed by atoms with Crippen LogP contribution in [-0.2, 0) is 6.54 Å². The minimum atomic E-state index is -0.442. The Morgan fingerprint density at radius 1 is 1.16 bits per heavy atom. The highest BCUT2D eigenvalue weighted by atomic mass is 79.9. The van der Waals surface area contributed by atoms with Gasteiger partial charge in [-0.25, -0.2) is 4.39 Å². The van der Waals surface area contributed by atoms with E-state index < -0.39 is 5.82 Å². The molecule has 2 aromatic carbocycles. The van der Waals surface area contributed by atoms with E-state index in [4.69, 9.17) is 11.6 Å². The molecule has 2 nitrogen and oxygen atoms in total. The number of halogens is 4. The standard InChI is InChI=1S/C13H9Br2ClFNO/c14-9-3-7(4-10(15)13(9)19)6-18-8-1-2-12(17)11(16)5-8/h1-5,18-19H,6H2. The van der Waals surface area contributed by atoms with E-state index in [1.807, 2.05) is 0 Å². The van der Waals surface area contributed by atoms with Gasteiger partial charge in [0.1, 0.15) is 11.6 Å². The van der Waals surface area contributed by atoms with E-state index in [0.717, 1.165) is 11.3 Å². The lowest BCUT2D eigenvalue weighted by molar-refractivity contribution is 0.468. The first-order chi connectivity index (χ1) is 8.97. The predicted molar refractivity (Wildman–Crippen MR) is 82.2 cm³/mol. The fourth-order valence-electron chi connectivity index (χ4n) is 1.53. The van der Waals surface area contributed by atoms with E-state index in [1.165, 1.54) is 12.1 Å². The van der Waals surface area contributed by atoms with Crippen LogP contribution in [0.3, 0.4) is 0 Å². The molecular formula is C13H9Br2ClFNO. The van der Waals surface area contributed by atoms with Crippen LogP contribution in [0.5, 0.6) is 5.75 Å². The Labute approximate surface area is 131 Å². The number of hydrogen-bond donors (Lipinski definition) is 2. The van der Waals surface area contributed by atoms with Crippen molar-refractivity contribution in [3.8, 4) is 5.75 Å². The fourth-order valence-corrected chi connectivity index (χ4v) is 2.99. The van der Waals surface area contributed by atoms with Crippen molar-refractivity contribution in [3.05, 3.63) is 55.7 Å². The number of benzene rings is 2. The molecule has 100 valence electrons. The van der Waals surface area contributed by atoms with Crippen molar-refractivity contribution in [2.24, 2.45) is 0 Å². The van der Waals surface area contributed by atoms with Gasteiger partial charge in [-0.15, -0.1) is 0 Å². The molecular weight excluding hydrogens is 400 g/mol. The zero-order valence-electron chi connectivity index (χ0n) is 9.55. The molecule has 6 heteroatoms. The van der Waals surface area contributed by atoms with Gasteiger partial charge in [0.25, 0.3) is 0 Å². The molecule has 2 aromatic rings. The van der Waals surface area contributed by atoms with Gasteiger partial charge in [0.05, 0.1) is 14.0 Å². The molecule has 0 amide bonds. The number of phenolic OH excluding ortho intramolecular Hbond substituents is 1. The summed E-state index contributed by atoms with van der Waals surface area (Å²) in [5.41, 5.74) is 1.68. The first kappa shape index (κ1) is 14.6. The second-order valence-corrected chi connectivity index (χ2v) is 6.01. The van der Waals surface area contributed by atoms with Crippen LogP contribution >= 0.6 is 43.5 Å². The van der Waals surface area contributed by atoms with E-state index >= 15 is 0 Å². The van der Waals surface area contributed by atoms with Gasteiger partial charge in [-0.1, -0.05) is 11.6 Å². The maximum Gasteiger partial charge on any atom is 0.143 e. The van der Waals surface area contributed by atoms with Crippen LogP contribution in [-0.4, -0.2) is 5.11 Å². The minimum Gasteiger partial charge on any atom is -0.506 e. The highest BCUT2D eigenvalue weighted by molar-refractivity contribution is 9.11. The maximum absolute atomic E-state index is 13.0. The Kier molecular flexibility index (Phi) is 4.71. The summed E-state index contributed by atoms with van der Waals surface area (Å²) < 4.78 is 14.2. The van der Waals surface area contributed by atoms with Gasteiger partial charge in [-0.3, -0.25) is 0 Å². The normalized spacial score (nSPS) is 10.5. The van der Waals surface area contributed by atoms with Crippen LogP contribution < -0.4 is 5.32 Å². The van der Waals surface area contributed by atoms with E-state index in [2.05, 4.69) is 37.2 Å². The summed E-state index contributed by atoms with van der Waals surface area (Å²) in [7, 11) is 0. The van der Waals surface area contributed by atoms with E-state index in [1.54, 1.807) is 18.2 Å². The van der Waals surface area contributed by atoms with E-state index in [9.17, 15) is 9.50 Å². The number of hydrogen-bond acceptors (Lipinski definition) is 2. The Morgan fingerprint density at radius 2 is 1.79 bits per heavy atom. The molecule has 0 heterocycles. The van der Waals surface area contributed by atoms with Crippen molar-refractivity contribution in [1.82, 2.24) is 0 Å². The van der Waals surface area contributed by atoms with Crippen LogP contribution in [0.1, 0.15) is 5.56 Å². The SMILES string of the molecule is Oc1c(Br)cc(CNc2ccc(F)c(Cl)c2)cc1Br. The number of anilines is 1. The van der Waals surface area contributed by atoms with Crippen molar-refractivity contribution in [2.75, 3.05) is 5.32 Å². The summed E-state index contributed by atoms with van der Waals surface area (Å²) in [6.45, 7) is 0.527. The third kappa shape index (κ3) is 3.61. The van der Waals surface area contributed by atoms with Crippen molar-refractivity contribution in [3.63, 3.8) is 0 Å². The highest BCUT2D eigenvalue weighted by Gasteiger charge is 2.06. The van der Waals surface area contributed by atoms with Crippen LogP contribution in [0.15, 0.2) is 39.3 Å². The van der Waals surface area contributed by atoms with Gasteiger partial charge in [0.2, 0.25) is 0 Å². The van der Waals surface area contributed by atoms with Gasteiger partial charge in [-0.05, 0) is 67.8 Å². The number of phenols is 1. The summed E-state index contributed by atoms with van der Waals surface area (Å²) >= 11 is 12.2. The molecule has 2 rings (SSSR count). The summed E-state index contributed by atoms with van der Waals surface area (Å²) in [5, 5.41) is 12.8. The second kappa shape index (κ2) is 6.11. The van der Waals surface area contributed by atoms with Crippen molar-refractivity contribution < 1.29 is 9.50 Å². The Balaban J connectivity index is 2.12. The molecule has 0 fully saturated rings. The zero-order valence-corrected chi connectivity index (χ0v) is 13.5. The van der Waals surface area contributed by atoms with Gasteiger partial charge in [-0.2, -0.15) is 0 Å². The lowest BCUT2D eigenvalue weighted by Crippen LogP contribution is -1.99. The lowest BCUT2D eigenvalue weighted by Gasteiger charge is -2.09. The molecule has 0 aliphatic rings. The number of rotatable bonds is 3. The lowest BCUT2D eigenvalue weighted by atomic mass is 10.2. The van der Waals surface area contributed by atoms with E-state index in [0.29, 0.717) is 15.5 Å². The molecule has 0 aromatic heterocycles. The summed E-state index contributed by atoms with van der Waals surface area (Å²) in [5.74, 6) is -0.282. The molecule has 0 aliphatic carbocycles. The zero-order chi connectivity index (χ0) is 14.0. The Morgan fingerprint density at radius 3 is 2.37 bits per heavy atom. The van der Waals surface area contributed by atoms with Gasteiger partial charge >= 0.3 is 0 Å². The molecule has 0 aliphatic heterocycles. The smallest absolute Gasteiger partial charge is 0.143 e. The predicted octanol–water partition coefficient (Wildman–Crippen LogP) is 5.32. The quantitative estimate of drug-likeness (QED) is 0.719. The third-order valence-corrected chi connectivity index (χ3v) is 3.99. The van der Waals surface area contributed by atoms with Crippen LogP contribution in [0.25, 0.3) is 0 Å². The molecule has 19 heavy (non-hydrogen) atoms. The largest absolute Gasteiger partial charge is 0.506 e. The monoisotopic (exact) mass is 407 g/mol. The van der Waals surface area contributed by atoms with Gasteiger partial charge in [0.15, 0.2) is 0 Å². The van der Waals surface area contributed by atoms with Crippen LogP contribution in [0.4, 0.5) is 10.1 Å². The third-order valence-electron chi connectivity index (χ3n) is 2.49. The summed E-state index contributed by atoms with van der Waals surface area (Å²) in [6.07, 6.45) is 0. The van der Waals surface area contributed by atoms with Crippen molar-refractivity contribution in [1.29, 1.82) is 0 Å². The Bertz CT molecular complexity index is 599. The van der Waals surface area contributed by atoms with Crippen LogP contribution in [0.2, 0.25) is 5.02 Å². The minimum absolute atomic E-state index is 0.0815. The van der Waals surface area contributed by atoms with Crippen molar-refractivity contribution in [2.45, 2.75) is 6.54 Å². The number of nitrogens with one attached hydrogen (secondary N) is 1. The molecule has 0 saturated carbocycles. The Hall–Kier alpha value is -0.780. The first-order valence-electron chi connectivity index (χ1n) is 5.33. The molecule has 0 saturated heterocycles. The highest BCUT2D eigenvalue weighted by Crippen LogP contribution is 2.33. The topological polar surface area (TPSA) is 32.3 Å². The summed E-state index contributed by atoms with van der Waals surface area (Å²) in [4.78, 5) is 0. The van der Waals surface area contributed by atoms with E-state index in [-0.39, 0.29) is 10.8 Å². The average molecular weight is 409 g/mol. The average Bonchev–Trinajstić information content (AvgIpc) is 2.37.